The Morgan fingerprint density at radius 1 is 0.585 bits per heavy atom. The van der Waals surface area contributed by atoms with Gasteiger partial charge < -0.3 is 34.1 Å². The SMILES string of the molecule is CSc1cccc2c1CCN([B]C=O)[C@H]2C.C[C@@H]1NCCc2c1cccc2S(C)(=O)=O.C[C@H]1c2cccc(Br)c2CCN1[B]C=O.C[C@H]1c2cccc(S(C)(=O)=O)c2CCN1[B]C=O.Cl. The molecule has 1 N–H and O–H groups in total. The van der Waals surface area contributed by atoms with E-state index in [0.29, 0.717) is 28.8 Å². The second-order valence-electron chi connectivity index (χ2n) is 16.3. The molecule has 8 rings (SSSR count). The largest absolute Gasteiger partial charge is 0.333 e. The first-order valence-electron chi connectivity index (χ1n) is 21.4. The molecule has 4 aromatic carbocycles. The average molecular weight is 1020 g/mol. The van der Waals surface area contributed by atoms with E-state index in [1.165, 1.54) is 51.5 Å². The number of benzene rings is 4. The average Bonchev–Trinajstić information content (AvgIpc) is 3.27. The topological polar surface area (TPSA) is 141 Å². The number of sulfone groups is 2. The summed E-state index contributed by atoms with van der Waals surface area (Å²) in [5.41, 5.74) is 9.49. The summed E-state index contributed by atoms with van der Waals surface area (Å²) < 4.78 is 47.8. The van der Waals surface area contributed by atoms with Crippen LogP contribution in [0.15, 0.2) is 92.0 Å². The molecule has 345 valence electrons. The maximum absolute atomic E-state index is 11.7. The van der Waals surface area contributed by atoms with Crippen LogP contribution in [-0.4, -0.2) is 117 Å². The van der Waals surface area contributed by atoms with Crippen molar-refractivity contribution < 1.29 is 31.2 Å². The van der Waals surface area contributed by atoms with Crippen LogP contribution in [0.4, 0.5) is 0 Å². The number of nitrogens with zero attached hydrogens (tertiary/aromatic N) is 3. The predicted octanol–water partition coefficient (Wildman–Crippen LogP) is 6.85. The van der Waals surface area contributed by atoms with Gasteiger partial charge in [-0.15, -0.1) is 24.2 Å². The van der Waals surface area contributed by atoms with Gasteiger partial charge in [-0.3, -0.25) is 0 Å². The number of hydrogen-bond donors (Lipinski definition) is 1. The lowest BCUT2D eigenvalue weighted by molar-refractivity contribution is 0.340. The Kier molecular flexibility index (Phi) is 20.8. The Labute approximate surface area is 407 Å². The third-order valence-corrected chi connectivity index (χ3v) is 16.4. The van der Waals surface area contributed by atoms with Crippen molar-refractivity contribution >= 4 is 101 Å². The van der Waals surface area contributed by atoms with E-state index >= 15 is 0 Å². The Morgan fingerprint density at radius 3 is 1.43 bits per heavy atom. The van der Waals surface area contributed by atoms with Crippen molar-refractivity contribution in [3.05, 3.63) is 122 Å². The third-order valence-electron chi connectivity index (χ3n) is 12.4. The molecule has 4 aromatic rings. The Bertz CT molecular complexity index is 2530. The zero-order chi connectivity index (χ0) is 46.8. The van der Waals surface area contributed by atoms with Crippen molar-refractivity contribution in [2.24, 2.45) is 0 Å². The molecule has 0 unspecified atom stereocenters. The Morgan fingerprint density at radius 2 is 0.969 bits per heavy atom. The highest BCUT2D eigenvalue weighted by Gasteiger charge is 2.29. The Balaban J connectivity index is 0.000000189. The monoisotopic (exact) mass is 1020 g/mol. The molecule has 11 nitrogen and oxygen atoms in total. The van der Waals surface area contributed by atoms with E-state index in [9.17, 15) is 31.2 Å². The first kappa shape index (κ1) is 54.5. The highest BCUT2D eigenvalue weighted by atomic mass is 79.9. The zero-order valence-corrected chi connectivity index (χ0v) is 42.9. The molecule has 0 saturated carbocycles. The number of halogens is 2. The molecule has 65 heavy (non-hydrogen) atoms. The summed E-state index contributed by atoms with van der Waals surface area (Å²) in [7, 11) is -1.49. The molecule has 0 aromatic heterocycles. The molecule has 0 fully saturated rings. The van der Waals surface area contributed by atoms with E-state index in [-0.39, 0.29) is 30.5 Å². The van der Waals surface area contributed by atoms with Crippen LogP contribution >= 0.6 is 40.1 Å². The second kappa shape index (κ2) is 24.8. The normalized spacial score (nSPS) is 20.2. The fourth-order valence-corrected chi connectivity index (χ4v) is 12.3. The van der Waals surface area contributed by atoms with Gasteiger partial charge in [0, 0.05) is 46.0 Å². The number of rotatable bonds is 9. The molecular weight excluding hydrogens is 965 g/mol. The van der Waals surface area contributed by atoms with Gasteiger partial charge in [0.05, 0.1) is 28.3 Å². The number of carbonyl (C=O) groups is 3. The number of thioether (sulfide) groups is 1. The van der Waals surface area contributed by atoms with Crippen LogP contribution < -0.4 is 5.32 Å². The van der Waals surface area contributed by atoms with Crippen molar-refractivity contribution in [2.75, 3.05) is 44.9 Å². The number of carbonyl (C=O) groups excluding carboxylic acids is 3. The zero-order valence-electron chi connectivity index (χ0n) is 38.1. The van der Waals surface area contributed by atoms with Gasteiger partial charge in [-0.25, -0.2) is 16.8 Å². The van der Waals surface area contributed by atoms with Crippen LogP contribution in [0.1, 0.15) is 96.4 Å². The minimum absolute atomic E-state index is 0. The standard InChI is InChI=1S/C12H15BNO3S.C12H15BNOS.C11H12BBrNO.C11H15NO2S.ClH/c1-9-10-4-3-5-12(18(2,16)17)11(10)6-7-14(9)13-8-15;1-9-10-4-3-5-12(16-2)11(10)6-7-14(9)13-8-15;1-8-9-3-2-4-11(13)10(9)5-6-14(8)12-7-15;1-8-9-4-3-5-11(15(2,13)14)10(9)6-7-12-8;/h3-5,8-9H,6-7H2,1-2H3;3-5,8-9H,6-7H2,1-2H3;2-4,7-8H,5-6H2,1H3;3-5,8,12H,6-7H2,1-2H3;1H/t2*9-;2*8-;/m0000./s1. The van der Waals surface area contributed by atoms with Crippen molar-refractivity contribution in [3.63, 3.8) is 0 Å². The van der Waals surface area contributed by atoms with Gasteiger partial charge >= 0.3 is 0 Å². The summed E-state index contributed by atoms with van der Waals surface area (Å²) in [6.45, 7) is 11.7. The van der Waals surface area contributed by atoms with Gasteiger partial charge in [-0.1, -0.05) is 64.5 Å². The van der Waals surface area contributed by atoms with Gasteiger partial charge in [0.15, 0.2) is 19.7 Å². The summed E-state index contributed by atoms with van der Waals surface area (Å²) in [6.07, 6.45) is 10.6. The maximum atomic E-state index is 11.7. The second-order valence-corrected chi connectivity index (χ2v) is 22.0. The molecule has 3 radical (unpaired) electrons. The minimum atomic E-state index is -3.20. The lowest BCUT2D eigenvalue weighted by atomic mass is 9.84. The van der Waals surface area contributed by atoms with Gasteiger partial charge in [0.25, 0.3) is 22.2 Å². The number of fused-ring (bicyclic) bond motifs is 4. The highest BCUT2D eigenvalue weighted by molar-refractivity contribution is 9.10. The van der Waals surface area contributed by atoms with Gasteiger partial charge in [0.2, 0.25) is 0 Å². The lowest BCUT2D eigenvalue weighted by Crippen LogP contribution is -2.38. The van der Waals surface area contributed by atoms with Crippen molar-refractivity contribution in [1.29, 1.82) is 0 Å². The summed E-state index contributed by atoms with van der Waals surface area (Å²) >= 11 is 5.37. The predicted molar refractivity (Wildman–Crippen MR) is 273 cm³/mol. The first-order valence-corrected chi connectivity index (χ1v) is 27.2. The summed E-state index contributed by atoms with van der Waals surface area (Å²) in [5.74, 6) is 0. The highest BCUT2D eigenvalue weighted by Crippen LogP contribution is 2.36. The molecule has 4 atom stereocenters. The van der Waals surface area contributed by atoms with Crippen LogP contribution in [-0.2, 0) is 59.7 Å². The minimum Gasteiger partial charge on any atom is -0.333 e. The van der Waals surface area contributed by atoms with Crippen molar-refractivity contribution in [2.45, 2.75) is 92.2 Å². The quantitative estimate of drug-likeness (QED) is 0.107. The van der Waals surface area contributed by atoms with E-state index in [2.05, 4.69) is 88.2 Å². The maximum Gasteiger partial charge on any atom is 0.293 e. The molecule has 19 heteroatoms. The van der Waals surface area contributed by atoms with E-state index in [0.717, 1.165) is 79.7 Å². The van der Waals surface area contributed by atoms with Crippen LogP contribution in [0, 0.1) is 0 Å². The molecule has 4 aliphatic rings. The van der Waals surface area contributed by atoms with Crippen molar-refractivity contribution in [1.82, 2.24) is 19.7 Å². The molecule has 0 saturated heterocycles. The number of hydrogen-bond acceptors (Lipinski definition) is 12. The summed E-state index contributed by atoms with van der Waals surface area (Å²) in [5, 5.41) is 3.32. The lowest BCUT2D eigenvalue weighted by Gasteiger charge is -2.34. The van der Waals surface area contributed by atoms with E-state index in [1.807, 2.05) is 36.0 Å². The van der Waals surface area contributed by atoms with Crippen LogP contribution in [0.5, 0.6) is 0 Å². The molecular formula is C46H58B3BrClN4O7S3. The van der Waals surface area contributed by atoms with Gasteiger partial charge in [-0.2, -0.15) is 0 Å². The summed E-state index contributed by atoms with van der Waals surface area (Å²) in [4.78, 5) is 40.0. The van der Waals surface area contributed by atoms with E-state index in [4.69, 9.17) is 0 Å². The van der Waals surface area contributed by atoms with E-state index < -0.39 is 19.7 Å². The smallest absolute Gasteiger partial charge is 0.293 e. The molecule has 4 aliphatic heterocycles. The molecule has 0 spiro atoms. The molecule has 0 aliphatic carbocycles. The van der Waals surface area contributed by atoms with E-state index in [1.54, 1.807) is 44.8 Å². The molecule has 0 amide bonds. The van der Waals surface area contributed by atoms with Crippen LogP contribution in [0.25, 0.3) is 0 Å². The number of nitrogens with one attached hydrogen (secondary N) is 1. The Hall–Kier alpha value is -3.06. The van der Waals surface area contributed by atoms with Crippen LogP contribution in [0.3, 0.4) is 0 Å². The van der Waals surface area contributed by atoms with Crippen LogP contribution in [0.2, 0.25) is 0 Å². The van der Waals surface area contributed by atoms with Gasteiger partial charge in [-0.05, 0) is 155 Å². The van der Waals surface area contributed by atoms with Gasteiger partial charge in [0.1, 0.15) is 0 Å². The third kappa shape index (κ3) is 13.6. The first-order chi connectivity index (χ1) is 30.5. The fraction of sp³-hybridized carbons (Fsp3) is 0.413. The molecule has 0 bridgehead atoms. The fourth-order valence-electron chi connectivity index (χ4n) is 9.06. The molecule has 4 heterocycles. The summed E-state index contributed by atoms with van der Waals surface area (Å²) in [6, 6.07) is 24.4. The van der Waals surface area contributed by atoms with Crippen molar-refractivity contribution in [3.8, 4) is 0 Å².